The fourth-order valence-corrected chi connectivity index (χ4v) is 4.83. The molecule has 184 valence electrons. The molecule has 6 nitrogen and oxygen atoms in total. The van der Waals surface area contributed by atoms with E-state index in [2.05, 4.69) is 0 Å². The molecule has 0 spiro atoms. The number of halogens is 1. The van der Waals surface area contributed by atoms with E-state index >= 15 is 0 Å². The molecule has 1 aliphatic rings. The molecule has 0 radical (unpaired) electrons. The Labute approximate surface area is 214 Å². The number of nitrogens with zero attached hydrogens (tertiary/aromatic N) is 1. The quantitative estimate of drug-likeness (QED) is 0.312. The SMILES string of the molecule is CCOc1ccc(C2c3c(oc4cc(C)c(Cl)cc4c3=O)C(=O)N2Cc2ccc(C)cc2)cc1OC. The molecule has 0 N–H and O–H groups in total. The summed E-state index contributed by atoms with van der Waals surface area (Å²) in [5, 5.41) is 0.812. The van der Waals surface area contributed by atoms with Gasteiger partial charge in [0.2, 0.25) is 5.76 Å². The molecule has 0 saturated carbocycles. The van der Waals surface area contributed by atoms with Crippen molar-refractivity contribution in [2.24, 2.45) is 0 Å². The Kier molecular flexibility index (Phi) is 6.22. The lowest BCUT2D eigenvalue weighted by atomic mass is 9.97. The zero-order valence-electron chi connectivity index (χ0n) is 20.6. The van der Waals surface area contributed by atoms with E-state index in [9.17, 15) is 9.59 Å². The lowest BCUT2D eigenvalue weighted by Crippen LogP contribution is -2.29. The minimum absolute atomic E-state index is 0.0548. The van der Waals surface area contributed by atoms with Gasteiger partial charge in [-0.2, -0.15) is 0 Å². The van der Waals surface area contributed by atoms with Crippen molar-refractivity contribution in [2.45, 2.75) is 33.4 Å². The summed E-state index contributed by atoms with van der Waals surface area (Å²) in [5.41, 5.74) is 3.92. The number of carbonyl (C=O) groups is 1. The van der Waals surface area contributed by atoms with Crippen LogP contribution in [-0.2, 0) is 6.54 Å². The molecule has 4 aromatic rings. The summed E-state index contributed by atoms with van der Waals surface area (Å²) >= 11 is 6.34. The van der Waals surface area contributed by atoms with Crippen molar-refractivity contribution in [2.75, 3.05) is 13.7 Å². The fraction of sp³-hybridized carbons (Fsp3) is 0.241. The first-order chi connectivity index (χ1) is 17.3. The van der Waals surface area contributed by atoms with Crippen LogP contribution in [0, 0.1) is 13.8 Å². The molecule has 1 aliphatic heterocycles. The monoisotopic (exact) mass is 503 g/mol. The molecule has 3 aromatic carbocycles. The highest BCUT2D eigenvalue weighted by Gasteiger charge is 2.43. The van der Waals surface area contributed by atoms with E-state index in [1.807, 2.05) is 57.2 Å². The van der Waals surface area contributed by atoms with Crippen LogP contribution in [0.4, 0.5) is 0 Å². The average molecular weight is 504 g/mol. The van der Waals surface area contributed by atoms with Crippen LogP contribution in [0.15, 0.2) is 63.8 Å². The highest BCUT2D eigenvalue weighted by atomic mass is 35.5. The van der Waals surface area contributed by atoms with E-state index in [4.69, 9.17) is 25.5 Å². The first-order valence-corrected chi connectivity index (χ1v) is 12.1. The Morgan fingerprint density at radius 1 is 1.00 bits per heavy atom. The van der Waals surface area contributed by atoms with Gasteiger partial charge in [0.05, 0.1) is 30.7 Å². The summed E-state index contributed by atoms with van der Waals surface area (Å²) in [6.45, 7) is 6.52. The standard InChI is InChI=1S/C29H26ClNO5/c1-5-35-22-11-10-19(13-24(22)34-4)26-25-27(32)20-14-21(30)17(3)12-23(20)36-28(25)29(33)31(26)15-18-8-6-16(2)7-9-18/h6-14,26H,5,15H2,1-4H3. The van der Waals surface area contributed by atoms with E-state index < -0.39 is 6.04 Å². The summed E-state index contributed by atoms with van der Waals surface area (Å²) in [4.78, 5) is 29.2. The Morgan fingerprint density at radius 3 is 2.44 bits per heavy atom. The van der Waals surface area contributed by atoms with Crippen LogP contribution in [0.2, 0.25) is 5.02 Å². The van der Waals surface area contributed by atoms with E-state index in [1.54, 1.807) is 30.2 Å². The summed E-state index contributed by atoms with van der Waals surface area (Å²) < 4.78 is 17.3. The van der Waals surface area contributed by atoms with Crippen molar-refractivity contribution in [3.05, 3.63) is 103 Å². The van der Waals surface area contributed by atoms with Gasteiger partial charge in [0.1, 0.15) is 5.58 Å². The van der Waals surface area contributed by atoms with Crippen LogP contribution >= 0.6 is 11.6 Å². The highest BCUT2D eigenvalue weighted by molar-refractivity contribution is 6.32. The van der Waals surface area contributed by atoms with Crippen LogP contribution in [0.5, 0.6) is 11.5 Å². The number of carbonyl (C=O) groups excluding carboxylic acids is 1. The number of fused-ring (bicyclic) bond motifs is 2. The van der Waals surface area contributed by atoms with Crippen molar-refractivity contribution >= 4 is 28.5 Å². The molecule has 1 unspecified atom stereocenters. The van der Waals surface area contributed by atoms with E-state index in [-0.39, 0.29) is 17.1 Å². The molecule has 36 heavy (non-hydrogen) atoms. The Morgan fingerprint density at radius 2 is 1.75 bits per heavy atom. The molecule has 1 atom stereocenters. The third kappa shape index (κ3) is 4.01. The topological polar surface area (TPSA) is 69.0 Å². The molecule has 2 heterocycles. The molecular formula is C29H26ClNO5. The molecule has 7 heteroatoms. The minimum Gasteiger partial charge on any atom is -0.493 e. The molecule has 5 rings (SSSR count). The number of benzene rings is 3. The Bertz CT molecular complexity index is 1540. The Balaban J connectivity index is 1.72. The normalized spacial score (nSPS) is 14.9. The predicted molar refractivity (Wildman–Crippen MR) is 139 cm³/mol. The number of hydrogen-bond acceptors (Lipinski definition) is 5. The van der Waals surface area contributed by atoms with Crippen molar-refractivity contribution < 1.29 is 18.7 Å². The lowest BCUT2D eigenvalue weighted by molar-refractivity contribution is 0.0714. The van der Waals surface area contributed by atoms with Crippen LogP contribution in [0.25, 0.3) is 11.0 Å². The van der Waals surface area contributed by atoms with Gasteiger partial charge in [0.25, 0.3) is 5.91 Å². The number of methoxy groups -OCH3 is 1. The summed E-state index contributed by atoms with van der Waals surface area (Å²) in [6.07, 6.45) is 0. The van der Waals surface area contributed by atoms with Crippen LogP contribution in [0.1, 0.15) is 51.3 Å². The van der Waals surface area contributed by atoms with Gasteiger partial charge in [0, 0.05) is 11.6 Å². The van der Waals surface area contributed by atoms with Gasteiger partial charge in [-0.05, 0) is 61.7 Å². The van der Waals surface area contributed by atoms with Gasteiger partial charge in [-0.15, -0.1) is 0 Å². The van der Waals surface area contributed by atoms with Crippen LogP contribution in [0.3, 0.4) is 0 Å². The van der Waals surface area contributed by atoms with Gasteiger partial charge < -0.3 is 18.8 Å². The third-order valence-electron chi connectivity index (χ3n) is 6.52. The number of rotatable bonds is 6. The number of amides is 1. The van der Waals surface area contributed by atoms with Crippen LogP contribution in [-0.4, -0.2) is 24.5 Å². The molecule has 1 aromatic heterocycles. The van der Waals surface area contributed by atoms with Crippen molar-refractivity contribution in [3.8, 4) is 11.5 Å². The molecule has 0 saturated heterocycles. The summed E-state index contributed by atoms with van der Waals surface area (Å²) in [5.74, 6) is 0.829. The second-order valence-electron chi connectivity index (χ2n) is 8.94. The first kappa shape index (κ1) is 23.9. The number of aryl methyl sites for hydroxylation is 2. The average Bonchev–Trinajstić information content (AvgIpc) is 3.14. The minimum atomic E-state index is -0.667. The second-order valence-corrected chi connectivity index (χ2v) is 9.34. The lowest BCUT2D eigenvalue weighted by Gasteiger charge is -2.26. The predicted octanol–water partition coefficient (Wildman–Crippen LogP) is 6.22. The van der Waals surface area contributed by atoms with Gasteiger partial charge in [-0.25, -0.2) is 0 Å². The van der Waals surface area contributed by atoms with Crippen molar-refractivity contribution in [3.63, 3.8) is 0 Å². The maximum atomic E-state index is 13.8. The first-order valence-electron chi connectivity index (χ1n) is 11.8. The largest absolute Gasteiger partial charge is 0.493 e. The molecule has 0 bridgehead atoms. The van der Waals surface area contributed by atoms with Gasteiger partial charge in [-0.3, -0.25) is 9.59 Å². The van der Waals surface area contributed by atoms with E-state index in [0.717, 1.165) is 22.3 Å². The summed E-state index contributed by atoms with van der Waals surface area (Å²) in [7, 11) is 1.56. The van der Waals surface area contributed by atoms with Crippen molar-refractivity contribution in [1.82, 2.24) is 4.90 Å². The maximum absolute atomic E-state index is 13.8. The molecule has 0 aliphatic carbocycles. The number of ether oxygens (including phenoxy) is 2. The zero-order chi connectivity index (χ0) is 25.6. The zero-order valence-corrected chi connectivity index (χ0v) is 21.3. The second kappa shape index (κ2) is 9.36. The molecule has 1 amide bonds. The molecule has 0 fully saturated rings. The fourth-order valence-electron chi connectivity index (χ4n) is 4.67. The molecular weight excluding hydrogens is 478 g/mol. The number of hydrogen-bond donors (Lipinski definition) is 0. The van der Waals surface area contributed by atoms with Gasteiger partial charge >= 0.3 is 0 Å². The van der Waals surface area contributed by atoms with Gasteiger partial charge in [0.15, 0.2) is 16.9 Å². The highest BCUT2D eigenvalue weighted by Crippen LogP contribution is 2.42. The maximum Gasteiger partial charge on any atom is 0.291 e. The van der Waals surface area contributed by atoms with E-state index in [1.165, 1.54) is 0 Å². The van der Waals surface area contributed by atoms with Gasteiger partial charge in [-0.1, -0.05) is 47.5 Å². The third-order valence-corrected chi connectivity index (χ3v) is 6.93. The Hall–Kier alpha value is -3.77. The van der Waals surface area contributed by atoms with E-state index in [0.29, 0.717) is 46.2 Å². The van der Waals surface area contributed by atoms with Crippen LogP contribution < -0.4 is 14.9 Å². The summed E-state index contributed by atoms with van der Waals surface area (Å²) in [6, 6.07) is 16.1. The smallest absolute Gasteiger partial charge is 0.291 e. The van der Waals surface area contributed by atoms with Crippen molar-refractivity contribution in [1.29, 1.82) is 0 Å².